The van der Waals surface area contributed by atoms with Crippen molar-refractivity contribution in [1.29, 1.82) is 0 Å². The van der Waals surface area contributed by atoms with E-state index in [4.69, 9.17) is 0 Å². The van der Waals surface area contributed by atoms with Crippen LogP contribution in [0.2, 0.25) is 0 Å². The van der Waals surface area contributed by atoms with E-state index < -0.39 is 11.9 Å². The van der Waals surface area contributed by atoms with Gasteiger partial charge in [-0.05, 0) is 48.2 Å². The van der Waals surface area contributed by atoms with Gasteiger partial charge in [0.2, 0.25) is 5.91 Å². The molecular formula is C19H19F3N4OS. The Morgan fingerprint density at radius 2 is 2.18 bits per heavy atom. The minimum Gasteiger partial charge on any atom is -0.342 e. The van der Waals surface area contributed by atoms with Crippen LogP contribution in [0.4, 0.5) is 13.2 Å². The number of aryl methyl sites for hydroxylation is 1. The van der Waals surface area contributed by atoms with Crippen molar-refractivity contribution in [1.82, 2.24) is 19.5 Å². The van der Waals surface area contributed by atoms with Crippen LogP contribution in [0.5, 0.6) is 0 Å². The zero-order chi connectivity index (χ0) is 19.9. The van der Waals surface area contributed by atoms with E-state index in [1.165, 1.54) is 11.3 Å². The van der Waals surface area contributed by atoms with E-state index >= 15 is 0 Å². The Hall–Kier alpha value is -2.42. The number of hydrogen-bond acceptors (Lipinski definition) is 4. The van der Waals surface area contributed by atoms with Crippen LogP contribution in [0.25, 0.3) is 5.65 Å². The number of rotatable bonds is 3. The second kappa shape index (κ2) is 7.20. The minimum absolute atomic E-state index is 0.000389. The Labute approximate surface area is 163 Å². The van der Waals surface area contributed by atoms with Gasteiger partial charge in [0.25, 0.3) is 0 Å². The molecule has 1 atom stereocenters. The molecule has 28 heavy (non-hydrogen) atoms. The molecular weight excluding hydrogens is 389 g/mol. The smallest absolute Gasteiger partial charge is 0.342 e. The molecule has 3 aromatic heterocycles. The van der Waals surface area contributed by atoms with Crippen LogP contribution in [-0.4, -0.2) is 38.5 Å². The lowest BCUT2D eigenvalue weighted by Crippen LogP contribution is -2.40. The summed E-state index contributed by atoms with van der Waals surface area (Å²) in [4.78, 5) is 18.8. The molecule has 1 unspecified atom stereocenters. The van der Waals surface area contributed by atoms with Crippen LogP contribution < -0.4 is 0 Å². The zero-order valence-corrected chi connectivity index (χ0v) is 16.1. The molecule has 0 bridgehead atoms. The molecule has 3 aromatic rings. The molecule has 5 nitrogen and oxygen atoms in total. The fraction of sp³-hybridized carbons (Fsp3) is 0.421. The summed E-state index contributed by atoms with van der Waals surface area (Å²) in [5, 5.41) is 7.78. The van der Waals surface area contributed by atoms with E-state index in [2.05, 4.69) is 10.1 Å². The summed E-state index contributed by atoms with van der Waals surface area (Å²) >= 11 is 1.54. The fourth-order valence-corrected chi connectivity index (χ4v) is 4.31. The average molecular weight is 408 g/mol. The van der Waals surface area contributed by atoms with Gasteiger partial charge in [0.05, 0.1) is 12.1 Å². The molecule has 1 fully saturated rings. The third-order valence-corrected chi connectivity index (χ3v) is 5.72. The number of nitrogens with zero attached hydrogens (tertiary/aromatic N) is 4. The Kier molecular flexibility index (Phi) is 4.86. The molecule has 1 aliphatic heterocycles. The molecule has 0 aliphatic carbocycles. The molecule has 0 aromatic carbocycles. The maximum absolute atomic E-state index is 13.5. The zero-order valence-electron chi connectivity index (χ0n) is 15.2. The summed E-state index contributed by atoms with van der Waals surface area (Å²) in [6.07, 6.45) is -2.77. The van der Waals surface area contributed by atoms with Crippen molar-refractivity contribution in [3.63, 3.8) is 0 Å². The number of halogens is 3. The Morgan fingerprint density at radius 1 is 1.36 bits per heavy atom. The molecule has 148 valence electrons. The van der Waals surface area contributed by atoms with Crippen LogP contribution in [0.15, 0.2) is 29.0 Å². The lowest BCUT2D eigenvalue weighted by Gasteiger charge is -2.32. The van der Waals surface area contributed by atoms with Crippen molar-refractivity contribution in [2.45, 2.75) is 38.3 Å². The Morgan fingerprint density at radius 3 is 2.89 bits per heavy atom. The van der Waals surface area contributed by atoms with Gasteiger partial charge in [0, 0.05) is 30.8 Å². The summed E-state index contributed by atoms with van der Waals surface area (Å²) in [6, 6.07) is 4.54. The molecule has 1 saturated heterocycles. The first-order valence-corrected chi connectivity index (χ1v) is 9.99. The first-order valence-electron chi connectivity index (χ1n) is 9.04. The van der Waals surface area contributed by atoms with Crippen LogP contribution in [0.1, 0.15) is 41.4 Å². The SMILES string of the molecule is Cc1cc2nc(C3CCCN(C(=O)Cc4ccsc4)C3)cc(C(F)(F)F)n2n1. The lowest BCUT2D eigenvalue weighted by molar-refractivity contribution is -0.142. The van der Waals surface area contributed by atoms with Gasteiger partial charge in [-0.1, -0.05) is 0 Å². The number of fused-ring (bicyclic) bond motifs is 1. The third-order valence-electron chi connectivity index (χ3n) is 4.99. The van der Waals surface area contributed by atoms with Gasteiger partial charge in [0.1, 0.15) is 5.69 Å². The van der Waals surface area contributed by atoms with E-state index in [1.807, 2.05) is 16.8 Å². The first-order chi connectivity index (χ1) is 13.3. The van der Waals surface area contributed by atoms with Gasteiger partial charge in [-0.3, -0.25) is 4.79 Å². The van der Waals surface area contributed by atoms with E-state index in [9.17, 15) is 18.0 Å². The van der Waals surface area contributed by atoms with Crippen LogP contribution >= 0.6 is 11.3 Å². The normalized spacial score (nSPS) is 18.0. The predicted octanol–water partition coefficient (Wildman–Crippen LogP) is 4.07. The monoisotopic (exact) mass is 408 g/mol. The third kappa shape index (κ3) is 3.76. The van der Waals surface area contributed by atoms with E-state index in [0.717, 1.165) is 22.6 Å². The number of amides is 1. The van der Waals surface area contributed by atoms with Gasteiger partial charge in [-0.2, -0.15) is 29.6 Å². The molecule has 1 amide bonds. The number of carbonyl (C=O) groups excluding carboxylic acids is 1. The number of likely N-dealkylation sites (tertiary alicyclic amines) is 1. The lowest BCUT2D eigenvalue weighted by atomic mass is 9.93. The van der Waals surface area contributed by atoms with Gasteiger partial charge >= 0.3 is 6.18 Å². The average Bonchev–Trinajstić information content (AvgIpc) is 3.28. The predicted molar refractivity (Wildman–Crippen MR) is 99.3 cm³/mol. The summed E-state index contributed by atoms with van der Waals surface area (Å²) in [7, 11) is 0. The summed E-state index contributed by atoms with van der Waals surface area (Å²) in [6.45, 7) is 2.65. The van der Waals surface area contributed by atoms with E-state index in [1.54, 1.807) is 17.9 Å². The Bertz CT molecular complexity index is 997. The maximum Gasteiger partial charge on any atom is 0.433 e. The molecule has 0 radical (unpaired) electrons. The van der Waals surface area contributed by atoms with Gasteiger partial charge in [-0.15, -0.1) is 0 Å². The molecule has 0 spiro atoms. The number of hydrogen-bond donors (Lipinski definition) is 0. The maximum atomic E-state index is 13.5. The van der Waals surface area contributed by atoms with E-state index in [-0.39, 0.29) is 17.5 Å². The number of carbonyl (C=O) groups is 1. The van der Waals surface area contributed by atoms with Crippen LogP contribution in [0, 0.1) is 6.92 Å². The Balaban J connectivity index is 1.61. The molecule has 9 heteroatoms. The second-order valence-electron chi connectivity index (χ2n) is 7.11. The summed E-state index contributed by atoms with van der Waals surface area (Å²) < 4.78 is 41.5. The number of aromatic nitrogens is 3. The van der Waals surface area contributed by atoms with Crippen LogP contribution in [0.3, 0.4) is 0 Å². The highest BCUT2D eigenvalue weighted by Gasteiger charge is 2.36. The van der Waals surface area contributed by atoms with Gasteiger partial charge in [0.15, 0.2) is 5.65 Å². The highest BCUT2D eigenvalue weighted by molar-refractivity contribution is 7.08. The topological polar surface area (TPSA) is 50.5 Å². The molecule has 4 heterocycles. The van der Waals surface area contributed by atoms with Crippen molar-refractivity contribution in [2.24, 2.45) is 0 Å². The molecule has 0 saturated carbocycles. The van der Waals surface area contributed by atoms with Crippen LogP contribution in [-0.2, 0) is 17.4 Å². The molecule has 4 rings (SSSR count). The second-order valence-corrected chi connectivity index (χ2v) is 7.89. The molecule has 0 N–H and O–H groups in total. The van der Waals surface area contributed by atoms with Crippen molar-refractivity contribution >= 4 is 22.9 Å². The fourth-order valence-electron chi connectivity index (χ4n) is 3.64. The standard InChI is InChI=1S/C19H19F3N4OS/c1-12-7-17-23-15(9-16(19(20,21)22)26(17)24-12)14-3-2-5-25(10-14)18(27)8-13-4-6-28-11-13/h4,6-7,9,11,14H,2-3,5,8,10H2,1H3. The minimum atomic E-state index is -4.53. The molecule has 1 aliphatic rings. The van der Waals surface area contributed by atoms with Crippen molar-refractivity contribution in [3.05, 3.63) is 51.6 Å². The highest BCUT2D eigenvalue weighted by atomic mass is 32.1. The van der Waals surface area contributed by atoms with E-state index in [0.29, 0.717) is 37.3 Å². The first kappa shape index (κ1) is 18.9. The van der Waals surface area contributed by atoms with Crippen molar-refractivity contribution in [2.75, 3.05) is 13.1 Å². The quantitative estimate of drug-likeness (QED) is 0.657. The number of alkyl halides is 3. The van der Waals surface area contributed by atoms with Gasteiger partial charge < -0.3 is 4.90 Å². The number of thiophene rings is 1. The van der Waals surface area contributed by atoms with Gasteiger partial charge in [-0.25, -0.2) is 9.50 Å². The number of piperidine rings is 1. The van der Waals surface area contributed by atoms with Crippen molar-refractivity contribution < 1.29 is 18.0 Å². The van der Waals surface area contributed by atoms with Crippen molar-refractivity contribution in [3.8, 4) is 0 Å². The summed E-state index contributed by atoms with van der Waals surface area (Å²) in [5.41, 5.74) is 1.16. The highest BCUT2D eigenvalue weighted by Crippen LogP contribution is 2.33. The largest absolute Gasteiger partial charge is 0.433 e. The summed E-state index contributed by atoms with van der Waals surface area (Å²) in [5.74, 6) is -0.220.